The van der Waals surface area contributed by atoms with Gasteiger partial charge in [0, 0.05) is 18.5 Å². The number of carbonyl (C=O) groups is 1. The molecule has 1 fully saturated rings. The minimum absolute atomic E-state index is 0.613. The van der Waals surface area contributed by atoms with E-state index < -0.39 is 5.60 Å². The number of hydrogen-bond acceptors (Lipinski definition) is 3. The molecule has 1 atom stereocenters. The Morgan fingerprint density at radius 3 is 3.06 bits per heavy atom. The van der Waals surface area contributed by atoms with Gasteiger partial charge in [-0.2, -0.15) is 0 Å². The van der Waals surface area contributed by atoms with E-state index in [0.29, 0.717) is 18.5 Å². The molecule has 0 spiro atoms. The monoisotopic (exact) mass is 219 g/mol. The number of piperidine rings is 1. The number of aliphatic hydroxyl groups is 1. The Kier molecular flexibility index (Phi) is 3.36. The van der Waals surface area contributed by atoms with E-state index in [4.69, 9.17) is 0 Å². The topological polar surface area (TPSA) is 49.3 Å². The van der Waals surface area contributed by atoms with Crippen LogP contribution in [0, 0.1) is 0 Å². The molecule has 2 N–H and O–H groups in total. The van der Waals surface area contributed by atoms with Gasteiger partial charge in [-0.25, -0.2) is 0 Å². The van der Waals surface area contributed by atoms with Gasteiger partial charge in [-0.3, -0.25) is 4.79 Å². The van der Waals surface area contributed by atoms with Crippen molar-refractivity contribution in [3.63, 3.8) is 0 Å². The van der Waals surface area contributed by atoms with E-state index in [-0.39, 0.29) is 0 Å². The van der Waals surface area contributed by atoms with Gasteiger partial charge in [-0.15, -0.1) is 0 Å². The lowest BCUT2D eigenvalue weighted by Gasteiger charge is -2.32. The largest absolute Gasteiger partial charge is 0.388 e. The molecule has 1 aliphatic rings. The molecule has 1 aliphatic heterocycles. The maximum atomic E-state index is 10.7. The molecule has 0 bridgehead atoms. The summed E-state index contributed by atoms with van der Waals surface area (Å²) in [6.45, 7) is 1.62. The maximum Gasteiger partial charge on any atom is 0.150 e. The molecule has 1 unspecified atom stereocenters. The van der Waals surface area contributed by atoms with Crippen molar-refractivity contribution in [2.24, 2.45) is 0 Å². The highest BCUT2D eigenvalue weighted by molar-refractivity contribution is 5.74. The number of carbonyl (C=O) groups excluding carboxylic acids is 1. The number of hydrogen-bond donors (Lipinski definition) is 2. The third-order valence-electron chi connectivity index (χ3n) is 3.07. The fraction of sp³-hybridized carbons (Fsp3) is 0.462. The first-order valence-corrected chi connectivity index (χ1v) is 5.69. The van der Waals surface area contributed by atoms with Gasteiger partial charge in [0.15, 0.2) is 0 Å². The SMILES string of the molecule is O=Cc1cccc(CC2(O)CCCNC2)c1. The molecular formula is C13H17NO2. The summed E-state index contributed by atoms with van der Waals surface area (Å²) in [5.74, 6) is 0. The third-order valence-corrected chi connectivity index (χ3v) is 3.07. The lowest BCUT2D eigenvalue weighted by molar-refractivity contribution is 0.0169. The molecule has 1 heterocycles. The minimum Gasteiger partial charge on any atom is -0.388 e. The van der Waals surface area contributed by atoms with Crippen molar-refractivity contribution in [2.45, 2.75) is 24.9 Å². The van der Waals surface area contributed by atoms with E-state index in [1.165, 1.54) is 0 Å². The molecule has 0 aromatic heterocycles. The second kappa shape index (κ2) is 4.76. The van der Waals surface area contributed by atoms with Crippen molar-refractivity contribution >= 4 is 6.29 Å². The molecule has 1 aromatic rings. The maximum absolute atomic E-state index is 10.7. The highest BCUT2D eigenvalue weighted by atomic mass is 16.3. The molecule has 16 heavy (non-hydrogen) atoms. The van der Waals surface area contributed by atoms with Gasteiger partial charge < -0.3 is 10.4 Å². The summed E-state index contributed by atoms with van der Waals surface area (Å²) < 4.78 is 0. The van der Waals surface area contributed by atoms with Gasteiger partial charge in [-0.05, 0) is 31.0 Å². The van der Waals surface area contributed by atoms with Crippen LogP contribution < -0.4 is 5.32 Å². The molecule has 1 aromatic carbocycles. The highest BCUT2D eigenvalue weighted by Gasteiger charge is 2.29. The van der Waals surface area contributed by atoms with Gasteiger partial charge in [0.25, 0.3) is 0 Å². The van der Waals surface area contributed by atoms with E-state index >= 15 is 0 Å². The first-order chi connectivity index (χ1) is 7.72. The summed E-state index contributed by atoms with van der Waals surface area (Å²) >= 11 is 0. The van der Waals surface area contributed by atoms with Gasteiger partial charge >= 0.3 is 0 Å². The lowest BCUT2D eigenvalue weighted by Crippen LogP contribution is -2.47. The average molecular weight is 219 g/mol. The van der Waals surface area contributed by atoms with E-state index in [1.807, 2.05) is 18.2 Å². The molecule has 86 valence electrons. The Morgan fingerprint density at radius 1 is 1.50 bits per heavy atom. The Labute approximate surface area is 95.5 Å². The van der Waals surface area contributed by atoms with Crippen LogP contribution in [0.15, 0.2) is 24.3 Å². The number of aldehydes is 1. The Hall–Kier alpha value is -1.19. The number of rotatable bonds is 3. The van der Waals surface area contributed by atoms with Crippen molar-refractivity contribution in [3.05, 3.63) is 35.4 Å². The zero-order valence-corrected chi connectivity index (χ0v) is 9.28. The summed E-state index contributed by atoms with van der Waals surface area (Å²) in [4.78, 5) is 10.7. The third kappa shape index (κ3) is 2.68. The number of β-amino-alcohol motifs (C(OH)–C–C–N with tert-alkyl or cyclic N) is 1. The van der Waals surface area contributed by atoms with Gasteiger partial charge in [0.05, 0.1) is 5.60 Å². The molecule has 0 aliphatic carbocycles. The van der Waals surface area contributed by atoms with E-state index in [0.717, 1.165) is 31.2 Å². The Morgan fingerprint density at radius 2 is 2.38 bits per heavy atom. The number of nitrogens with one attached hydrogen (secondary N) is 1. The first kappa shape index (κ1) is 11.3. The predicted octanol–water partition coefficient (Wildman–Crippen LogP) is 1.16. The Bertz CT molecular complexity index is 370. The lowest BCUT2D eigenvalue weighted by atomic mass is 9.87. The van der Waals surface area contributed by atoms with Crippen molar-refractivity contribution in [1.82, 2.24) is 5.32 Å². The summed E-state index contributed by atoms with van der Waals surface area (Å²) in [6.07, 6.45) is 3.28. The van der Waals surface area contributed by atoms with E-state index in [9.17, 15) is 9.90 Å². The highest BCUT2D eigenvalue weighted by Crippen LogP contribution is 2.21. The van der Waals surface area contributed by atoms with Crippen LogP contribution in [0.25, 0.3) is 0 Å². The zero-order chi connectivity index (χ0) is 11.4. The normalized spacial score (nSPS) is 25.3. The standard InChI is InChI=1S/C13H17NO2/c15-9-12-4-1-3-11(7-12)8-13(16)5-2-6-14-10-13/h1,3-4,7,9,14,16H,2,5-6,8,10H2. The molecule has 0 amide bonds. The number of benzene rings is 1. The van der Waals surface area contributed by atoms with Gasteiger partial charge in [0.2, 0.25) is 0 Å². The smallest absolute Gasteiger partial charge is 0.150 e. The molecule has 3 nitrogen and oxygen atoms in total. The fourth-order valence-corrected chi connectivity index (χ4v) is 2.26. The van der Waals surface area contributed by atoms with Crippen molar-refractivity contribution < 1.29 is 9.90 Å². The van der Waals surface area contributed by atoms with Crippen molar-refractivity contribution in [2.75, 3.05) is 13.1 Å². The predicted molar refractivity (Wildman–Crippen MR) is 62.6 cm³/mol. The summed E-state index contributed by atoms with van der Waals surface area (Å²) in [5, 5.41) is 13.5. The second-order valence-electron chi connectivity index (χ2n) is 4.54. The van der Waals surface area contributed by atoms with E-state index in [2.05, 4.69) is 5.32 Å². The van der Waals surface area contributed by atoms with Crippen LogP contribution in [0.5, 0.6) is 0 Å². The zero-order valence-electron chi connectivity index (χ0n) is 9.28. The van der Waals surface area contributed by atoms with Gasteiger partial charge in [0.1, 0.15) is 6.29 Å². The summed E-state index contributed by atoms with van der Waals surface area (Å²) in [5.41, 5.74) is 1.04. The Balaban J connectivity index is 2.09. The fourth-order valence-electron chi connectivity index (χ4n) is 2.26. The summed E-state index contributed by atoms with van der Waals surface area (Å²) in [7, 11) is 0. The molecule has 0 saturated carbocycles. The van der Waals surface area contributed by atoms with Crippen LogP contribution in [0.2, 0.25) is 0 Å². The molecule has 2 rings (SSSR count). The van der Waals surface area contributed by atoms with Crippen LogP contribution in [0.1, 0.15) is 28.8 Å². The van der Waals surface area contributed by atoms with Crippen LogP contribution in [0.3, 0.4) is 0 Å². The quantitative estimate of drug-likeness (QED) is 0.750. The summed E-state index contributed by atoms with van der Waals surface area (Å²) in [6, 6.07) is 7.44. The molecule has 0 radical (unpaired) electrons. The molecular weight excluding hydrogens is 202 g/mol. The first-order valence-electron chi connectivity index (χ1n) is 5.69. The average Bonchev–Trinajstić information content (AvgIpc) is 2.29. The minimum atomic E-state index is -0.653. The van der Waals surface area contributed by atoms with Crippen molar-refractivity contribution in [1.29, 1.82) is 0 Å². The van der Waals surface area contributed by atoms with Crippen LogP contribution in [-0.4, -0.2) is 30.1 Å². The van der Waals surface area contributed by atoms with Gasteiger partial charge in [-0.1, -0.05) is 18.2 Å². The van der Waals surface area contributed by atoms with Crippen LogP contribution in [0.4, 0.5) is 0 Å². The van der Waals surface area contributed by atoms with Crippen molar-refractivity contribution in [3.8, 4) is 0 Å². The molecule has 3 heteroatoms. The van der Waals surface area contributed by atoms with Crippen LogP contribution >= 0.6 is 0 Å². The van der Waals surface area contributed by atoms with E-state index in [1.54, 1.807) is 6.07 Å². The second-order valence-corrected chi connectivity index (χ2v) is 4.54. The van der Waals surface area contributed by atoms with Crippen LogP contribution in [-0.2, 0) is 6.42 Å². The molecule has 1 saturated heterocycles.